The minimum absolute atomic E-state index is 0.267. The van der Waals surface area contributed by atoms with Crippen LogP contribution in [0.3, 0.4) is 0 Å². The smallest absolute Gasteiger partial charge is 0.303 e. The van der Waals surface area contributed by atoms with Crippen molar-refractivity contribution in [3.63, 3.8) is 0 Å². The summed E-state index contributed by atoms with van der Waals surface area (Å²) < 4.78 is 1.86. The topological polar surface area (TPSA) is 83.6 Å². The standard InChI is InChI=1S/C13H17N5O2/c19-11(20)2-1-10-3-6-17(7-4-10)12-13-16-15-9-18(13)8-5-14-12/h5,8-10H,1-4,6-7H2,(H,19,20). The number of aliphatic carboxylic acids is 1. The van der Waals surface area contributed by atoms with Gasteiger partial charge in [0, 0.05) is 31.9 Å². The third-order valence-electron chi connectivity index (χ3n) is 3.88. The van der Waals surface area contributed by atoms with Gasteiger partial charge in [-0.1, -0.05) is 0 Å². The molecule has 7 heteroatoms. The lowest BCUT2D eigenvalue weighted by Crippen LogP contribution is -2.34. The molecule has 1 aliphatic heterocycles. The quantitative estimate of drug-likeness (QED) is 0.902. The molecule has 2 aromatic rings. The van der Waals surface area contributed by atoms with Crippen LogP contribution in [0, 0.1) is 5.92 Å². The van der Waals surface area contributed by atoms with Gasteiger partial charge in [0.15, 0.2) is 5.82 Å². The summed E-state index contributed by atoms with van der Waals surface area (Å²) >= 11 is 0. The third-order valence-corrected chi connectivity index (χ3v) is 3.88. The van der Waals surface area contributed by atoms with Gasteiger partial charge in [-0.05, 0) is 25.2 Å². The second kappa shape index (κ2) is 5.44. The van der Waals surface area contributed by atoms with Crippen molar-refractivity contribution in [2.75, 3.05) is 18.0 Å². The van der Waals surface area contributed by atoms with Crippen molar-refractivity contribution in [2.24, 2.45) is 5.92 Å². The van der Waals surface area contributed by atoms with Crippen LogP contribution in [0.25, 0.3) is 5.65 Å². The Morgan fingerprint density at radius 1 is 1.40 bits per heavy atom. The monoisotopic (exact) mass is 275 g/mol. The van der Waals surface area contributed by atoms with E-state index < -0.39 is 5.97 Å². The van der Waals surface area contributed by atoms with E-state index in [0.29, 0.717) is 5.92 Å². The van der Waals surface area contributed by atoms with Crippen LogP contribution >= 0.6 is 0 Å². The molecule has 0 radical (unpaired) electrons. The van der Waals surface area contributed by atoms with Gasteiger partial charge >= 0.3 is 5.97 Å². The van der Waals surface area contributed by atoms with Gasteiger partial charge in [-0.2, -0.15) is 0 Å². The first-order chi connectivity index (χ1) is 9.74. The summed E-state index contributed by atoms with van der Waals surface area (Å²) in [5.74, 6) is 0.656. The molecule has 20 heavy (non-hydrogen) atoms. The Hall–Kier alpha value is -2.18. The Labute approximate surface area is 116 Å². The molecule has 1 aliphatic rings. The first kappa shape index (κ1) is 12.8. The highest BCUT2D eigenvalue weighted by Gasteiger charge is 2.22. The molecule has 106 valence electrons. The zero-order chi connectivity index (χ0) is 13.9. The van der Waals surface area contributed by atoms with Gasteiger partial charge in [0.1, 0.15) is 6.33 Å². The van der Waals surface area contributed by atoms with Crippen LogP contribution in [0.4, 0.5) is 5.82 Å². The van der Waals surface area contributed by atoms with Crippen molar-refractivity contribution in [1.82, 2.24) is 19.6 Å². The van der Waals surface area contributed by atoms with Gasteiger partial charge in [0.2, 0.25) is 5.65 Å². The van der Waals surface area contributed by atoms with Crippen molar-refractivity contribution in [3.8, 4) is 0 Å². The SMILES string of the molecule is O=C(O)CCC1CCN(c2nccn3cnnc23)CC1. The van der Waals surface area contributed by atoms with Gasteiger partial charge in [-0.15, -0.1) is 10.2 Å². The number of carboxylic acids is 1. The van der Waals surface area contributed by atoms with Crippen LogP contribution in [-0.2, 0) is 4.79 Å². The molecule has 1 fully saturated rings. The fourth-order valence-corrected chi connectivity index (χ4v) is 2.73. The molecule has 3 heterocycles. The largest absolute Gasteiger partial charge is 0.481 e. The average Bonchev–Trinajstić information content (AvgIpc) is 2.94. The summed E-state index contributed by atoms with van der Waals surface area (Å²) in [6, 6.07) is 0. The number of nitrogens with zero attached hydrogens (tertiary/aromatic N) is 5. The highest BCUT2D eigenvalue weighted by Crippen LogP contribution is 2.26. The van der Waals surface area contributed by atoms with Gasteiger partial charge in [0.05, 0.1) is 0 Å². The fraction of sp³-hybridized carbons (Fsp3) is 0.538. The van der Waals surface area contributed by atoms with Gasteiger partial charge < -0.3 is 10.0 Å². The first-order valence-electron chi connectivity index (χ1n) is 6.85. The fourth-order valence-electron chi connectivity index (χ4n) is 2.73. The van der Waals surface area contributed by atoms with E-state index in [9.17, 15) is 4.79 Å². The second-order valence-electron chi connectivity index (χ2n) is 5.18. The molecular weight excluding hydrogens is 258 g/mol. The van der Waals surface area contributed by atoms with E-state index >= 15 is 0 Å². The zero-order valence-corrected chi connectivity index (χ0v) is 11.1. The lowest BCUT2D eigenvalue weighted by atomic mass is 9.92. The zero-order valence-electron chi connectivity index (χ0n) is 11.1. The molecule has 2 aromatic heterocycles. The van der Waals surface area contributed by atoms with Crippen LogP contribution in [0.15, 0.2) is 18.7 Å². The number of anilines is 1. The number of carboxylic acid groups (broad SMARTS) is 1. The second-order valence-corrected chi connectivity index (χ2v) is 5.18. The number of piperidine rings is 1. The highest BCUT2D eigenvalue weighted by atomic mass is 16.4. The number of carbonyl (C=O) groups is 1. The minimum Gasteiger partial charge on any atom is -0.481 e. The van der Waals surface area contributed by atoms with Crippen LogP contribution < -0.4 is 4.90 Å². The molecule has 1 saturated heterocycles. The summed E-state index contributed by atoms with van der Waals surface area (Å²) in [7, 11) is 0. The molecule has 0 atom stereocenters. The number of aromatic nitrogens is 4. The maximum Gasteiger partial charge on any atom is 0.303 e. The summed E-state index contributed by atoms with van der Waals surface area (Å²) in [4.78, 5) is 17.2. The number of fused-ring (bicyclic) bond motifs is 1. The summed E-state index contributed by atoms with van der Waals surface area (Å²) in [5.41, 5.74) is 0.775. The number of hydrogen-bond acceptors (Lipinski definition) is 5. The van der Waals surface area contributed by atoms with Crippen LogP contribution in [0.2, 0.25) is 0 Å². The molecular formula is C13H17N5O2. The Bertz CT molecular complexity index is 604. The van der Waals surface area contributed by atoms with Crippen molar-refractivity contribution < 1.29 is 9.90 Å². The van der Waals surface area contributed by atoms with E-state index in [4.69, 9.17) is 5.11 Å². The van der Waals surface area contributed by atoms with Gasteiger partial charge in [-0.3, -0.25) is 9.20 Å². The molecule has 0 unspecified atom stereocenters. The Balaban J connectivity index is 1.66. The van der Waals surface area contributed by atoms with E-state index in [1.54, 1.807) is 12.5 Å². The minimum atomic E-state index is -0.706. The van der Waals surface area contributed by atoms with E-state index in [1.165, 1.54) is 0 Å². The molecule has 0 bridgehead atoms. The van der Waals surface area contributed by atoms with Crippen LogP contribution in [0.5, 0.6) is 0 Å². The Morgan fingerprint density at radius 3 is 2.95 bits per heavy atom. The van der Waals surface area contributed by atoms with Gasteiger partial charge in [-0.25, -0.2) is 4.98 Å². The van der Waals surface area contributed by atoms with E-state index in [-0.39, 0.29) is 6.42 Å². The molecule has 0 aromatic carbocycles. The van der Waals surface area contributed by atoms with E-state index in [1.807, 2.05) is 10.6 Å². The third kappa shape index (κ3) is 2.56. The molecule has 0 spiro atoms. The van der Waals surface area contributed by atoms with Crippen molar-refractivity contribution >= 4 is 17.4 Å². The first-order valence-corrected chi connectivity index (χ1v) is 6.85. The maximum atomic E-state index is 10.6. The van der Waals surface area contributed by atoms with E-state index in [0.717, 1.165) is 43.8 Å². The van der Waals surface area contributed by atoms with Crippen LogP contribution in [0.1, 0.15) is 25.7 Å². The Morgan fingerprint density at radius 2 is 2.20 bits per heavy atom. The van der Waals surface area contributed by atoms with Crippen LogP contribution in [-0.4, -0.2) is 43.7 Å². The van der Waals surface area contributed by atoms with Crippen molar-refractivity contribution in [2.45, 2.75) is 25.7 Å². The molecule has 0 amide bonds. The summed E-state index contributed by atoms with van der Waals surface area (Å²) in [6.07, 6.45) is 8.30. The van der Waals surface area contributed by atoms with Gasteiger partial charge in [0.25, 0.3) is 0 Å². The summed E-state index contributed by atoms with van der Waals surface area (Å²) in [5, 5.41) is 16.7. The molecule has 1 N–H and O–H groups in total. The maximum absolute atomic E-state index is 10.6. The van der Waals surface area contributed by atoms with E-state index in [2.05, 4.69) is 20.1 Å². The summed E-state index contributed by atoms with van der Waals surface area (Å²) in [6.45, 7) is 1.79. The lowest BCUT2D eigenvalue weighted by molar-refractivity contribution is -0.137. The molecule has 7 nitrogen and oxygen atoms in total. The molecule has 3 rings (SSSR count). The predicted octanol–water partition coefficient (Wildman–Crippen LogP) is 1.21. The lowest BCUT2D eigenvalue weighted by Gasteiger charge is -2.32. The molecule has 0 saturated carbocycles. The van der Waals surface area contributed by atoms with Crippen molar-refractivity contribution in [1.29, 1.82) is 0 Å². The predicted molar refractivity (Wildman–Crippen MR) is 72.6 cm³/mol. The van der Waals surface area contributed by atoms with Crippen molar-refractivity contribution in [3.05, 3.63) is 18.7 Å². The normalized spacial score (nSPS) is 16.7. The highest BCUT2D eigenvalue weighted by molar-refractivity contribution is 5.66. The average molecular weight is 275 g/mol. The Kier molecular flexibility index (Phi) is 3.49. The number of hydrogen-bond donors (Lipinski definition) is 1. The molecule has 0 aliphatic carbocycles. The number of rotatable bonds is 4.